The second-order valence-corrected chi connectivity index (χ2v) is 4.78. The van der Waals surface area contributed by atoms with E-state index in [2.05, 4.69) is 20.9 Å². The van der Waals surface area contributed by atoms with E-state index in [1.54, 1.807) is 16.5 Å². The predicted octanol–water partition coefficient (Wildman–Crippen LogP) is 3.12. The topological polar surface area (TPSA) is 37.3 Å². The third kappa shape index (κ3) is 1.43. The molecule has 5 heteroatoms. The number of nitrogens with zero attached hydrogens (tertiary/aromatic N) is 1. The van der Waals surface area contributed by atoms with Gasteiger partial charge in [-0.2, -0.15) is 0 Å². The van der Waals surface area contributed by atoms with Crippen LogP contribution in [0.3, 0.4) is 0 Å². The molecule has 2 aromatic heterocycles. The van der Waals surface area contributed by atoms with Gasteiger partial charge in [-0.05, 0) is 25.1 Å². The van der Waals surface area contributed by atoms with Gasteiger partial charge in [0.1, 0.15) is 11.0 Å². The van der Waals surface area contributed by atoms with E-state index in [-0.39, 0.29) is 16.9 Å². The molecule has 0 aliphatic carbocycles. The molecule has 92 valence electrons. The van der Waals surface area contributed by atoms with Crippen LogP contribution in [0.1, 0.15) is 11.3 Å². The van der Waals surface area contributed by atoms with Gasteiger partial charge in [-0.25, -0.2) is 4.39 Å². The Morgan fingerprint density at radius 3 is 2.72 bits per heavy atom. The molecule has 0 aliphatic heterocycles. The predicted molar refractivity (Wildman–Crippen MR) is 72.8 cm³/mol. The Balaban J connectivity index is 2.61. The number of hydrogen-bond donors (Lipinski definition) is 1. The fourth-order valence-corrected chi connectivity index (χ4v) is 2.66. The normalized spacial score (nSPS) is 11.5. The van der Waals surface area contributed by atoms with E-state index in [9.17, 15) is 9.18 Å². The van der Waals surface area contributed by atoms with Crippen LogP contribution in [0.2, 0.25) is 0 Å². The van der Waals surface area contributed by atoms with E-state index in [1.165, 1.54) is 0 Å². The molecule has 0 unspecified atom stereocenters. The van der Waals surface area contributed by atoms with Gasteiger partial charge >= 0.3 is 0 Å². The number of rotatable bonds is 1. The van der Waals surface area contributed by atoms with Crippen molar-refractivity contribution in [2.24, 2.45) is 0 Å². The van der Waals surface area contributed by atoms with Gasteiger partial charge < -0.3 is 9.38 Å². The maximum Gasteiger partial charge on any atom is 0.272 e. The van der Waals surface area contributed by atoms with Crippen LogP contribution in [-0.2, 0) is 5.33 Å². The zero-order chi connectivity index (χ0) is 12.9. The van der Waals surface area contributed by atoms with Crippen LogP contribution in [0.4, 0.5) is 4.39 Å². The molecule has 0 spiro atoms. The van der Waals surface area contributed by atoms with Crippen LogP contribution < -0.4 is 5.56 Å². The van der Waals surface area contributed by atoms with Gasteiger partial charge in [-0.3, -0.25) is 4.79 Å². The summed E-state index contributed by atoms with van der Waals surface area (Å²) < 4.78 is 16.0. The lowest BCUT2D eigenvalue weighted by atomic mass is 10.2. The second-order valence-electron chi connectivity index (χ2n) is 4.22. The molecule has 2 heterocycles. The molecule has 3 rings (SSSR count). The van der Waals surface area contributed by atoms with Crippen LogP contribution in [0.25, 0.3) is 16.6 Å². The summed E-state index contributed by atoms with van der Waals surface area (Å²) in [6.45, 7) is 1.89. The summed E-state index contributed by atoms with van der Waals surface area (Å²) in [6.07, 6.45) is 0. The lowest BCUT2D eigenvalue weighted by Gasteiger charge is -2.08. The minimum atomic E-state index is -0.378. The average molecular weight is 309 g/mol. The zero-order valence-electron chi connectivity index (χ0n) is 9.63. The standard InChI is InChI=1S/C13H10BrFN2O/c1-7-2-4-10-13(18)16-12-9(17(7)10)5-3-8(6-14)11(12)15/h2-5H,6H2,1H3,(H,16,18). The second kappa shape index (κ2) is 3.95. The number of hydrogen-bond acceptors (Lipinski definition) is 1. The first-order chi connectivity index (χ1) is 8.63. The molecule has 0 atom stereocenters. The van der Waals surface area contributed by atoms with Crippen LogP contribution >= 0.6 is 15.9 Å². The summed E-state index contributed by atoms with van der Waals surface area (Å²) in [5.41, 5.74) is 2.62. The van der Waals surface area contributed by atoms with E-state index in [4.69, 9.17) is 0 Å². The lowest BCUT2D eigenvalue weighted by Crippen LogP contribution is -2.11. The fraction of sp³-hybridized carbons (Fsp3) is 0.154. The molecule has 0 saturated heterocycles. The SMILES string of the molecule is Cc1ccc2c(=O)[nH]c3c(F)c(CBr)ccc3n12. The summed E-state index contributed by atoms with van der Waals surface area (Å²) in [5, 5.41) is 0.416. The smallest absolute Gasteiger partial charge is 0.272 e. The monoisotopic (exact) mass is 308 g/mol. The molecule has 1 N–H and O–H groups in total. The van der Waals surface area contributed by atoms with E-state index >= 15 is 0 Å². The first kappa shape index (κ1) is 11.5. The molecule has 18 heavy (non-hydrogen) atoms. The largest absolute Gasteiger partial charge is 0.316 e. The quantitative estimate of drug-likeness (QED) is 0.689. The minimum absolute atomic E-state index is 0.253. The molecule has 3 nitrogen and oxygen atoms in total. The van der Waals surface area contributed by atoms with E-state index < -0.39 is 0 Å². The van der Waals surface area contributed by atoms with Gasteiger partial charge in [0.05, 0.1) is 5.52 Å². The maximum absolute atomic E-state index is 14.2. The fourth-order valence-electron chi connectivity index (χ4n) is 2.23. The Hall–Kier alpha value is -1.62. The number of benzene rings is 1. The Labute approximate surface area is 110 Å². The van der Waals surface area contributed by atoms with Crippen molar-refractivity contribution in [1.82, 2.24) is 9.38 Å². The first-order valence-corrected chi connectivity index (χ1v) is 6.63. The van der Waals surface area contributed by atoms with Gasteiger partial charge in [-0.1, -0.05) is 22.0 Å². The Bertz CT molecular complexity index is 819. The van der Waals surface area contributed by atoms with Gasteiger partial charge in [0.2, 0.25) is 0 Å². The number of nitrogens with one attached hydrogen (secondary N) is 1. The van der Waals surface area contributed by atoms with Crippen LogP contribution in [-0.4, -0.2) is 9.38 Å². The highest BCUT2D eigenvalue weighted by atomic mass is 79.9. The van der Waals surface area contributed by atoms with Crippen molar-refractivity contribution in [3.05, 3.63) is 51.7 Å². The highest BCUT2D eigenvalue weighted by Gasteiger charge is 2.12. The van der Waals surface area contributed by atoms with Crippen molar-refractivity contribution in [2.75, 3.05) is 0 Å². The highest BCUT2D eigenvalue weighted by Crippen LogP contribution is 2.22. The molecule has 3 aromatic rings. The number of fused-ring (bicyclic) bond motifs is 3. The minimum Gasteiger partial charge on any atom is -0.316 e. The Kier molecular flexibility index (Phi) is 2.52. The molecule has 0 radical (unpaired) electrons. The summed E-state index contributed by atoms with van der Waals surface area (Å²) >= 11 is 3.23. The van der Waals surface area contributed by atoms with Crippen LogP contribution in [0.5, 0.6) is 0 Å². The van der Waals surface area contributed by atoms with E-state index in [1.807, 2.05) is 19.1 Å². The van der Waals surface area contributed by atoms with Crippen LogP contribution in [0, 0.1) is 12.7 Å². The Morgan fingerprint density at radius 2 is 2.00 bits per heavy atom. The summed E-state index contributed by atoms with van der Waals surface area (Å²) in [4.78, 5) is 14.5. The average Bonchev–Trinajstić information content (AvgIpc) is 2.74. The van der Waals surface area contributed by atoms with Gasteiger partial charge in [-0.15, -0.1) is 0 Å². The molecule has 0 bridgehead atoms. The lowest BCUT2D eigenvalue weighted by molar-refractivity contribution is 0.626. The molecule has 0 fully saturated rings. The molecular formula is C13H10BrFN2O. The van der Waals surface area contributed by atoms with Crippen molar-refractivity contribution >= 4 is 32.5 Å². The highest BCUT2D eigenvalue weighted by molar-refractivity contribution is 9.08. The maximum atomic E-state index is 14.2. The third-order valence-electron chi connectivity index (χ3n) is 3.13. The summed E-state index contributed by atoms with van der Waals surface area (Å²) in [5.74, 6) is -0.378. The van der Waals surface area contributed by atoms with Gasteiger partial charge in [0.15, 0.2) is 5.82 Å². The van der Waals surface area contributed by atoms with Crippen molar-refractivity contribution in [3.8, 4) is 0 Å². The number of aromatic amines is 1. The van der Waals surface area contributed by atoms with Crippen molar-refractivity contribution in [3.63, 3.8) is 0 Å². The number of aromatic nitrogens is 2. The number of H-pyrrole nitrogens is 1. The number of aryl methyl sites for hydroxylation is 1. The first-order valence-electron chi connectivity index (χ1n) is 5.51. The summed E-state index contributed by atoms with van der Waals surface area (Å²) in [6, 6.07) is 7.14. The van der Waals surface area contributed by atoms with Crippen molar-refractivity contribution < 1.29 is 4.39 Å². The molecule has 0 aliphatic rings. The molecule has 1 aromatic carbocycles. The van der Waals surface area contributed by atoms with Gasteiger partial charge in [0.25, 0.3) is 5.56 Å². The Morgan fingerprint density at radius 1 is 1.28 bits per heavy atom. The molecular weight excluding hydrogens is 299 g/mol. The van der Waals surface area contributed by atoms with Gasteiger partial charge in [0, 0.05) is 16.6 Å². The molecule has 0 amide bonds. The van der Waals surface area contributed by atoms with Crippen molar-refractivity contribution in [1.29, 1.82) is 0 Å². The summed E-state index contributed by atoms with van der Waals surface area (Å²) in [7, 11) is 0. The van der Waals surface area contributed by atoms with E-state index in [0.717, 1.165) is 5.69 Å². The number of halogens is 2. The van der Waals surface area contributed by atoms with E-state index in [0.29, 0.717) is 21.9 Å². The van der Waals surface area contributed by atoms with Crippen molar-refractivity contribution in [2.45, 2.75) is 12.3 Å². The molecule has 0 saturated carbocycles. The zero-order valence-corrected chi connectivity index (χ0v) is 11.2. The van der Waals surface area contributed by atoms with Crippen LogP contribution in [0.15, 0.2) is 29.1 Å². The third-order valence-corrected chi connectivity index (χ3v) is 3.74. The number of alkyl halides is 1.